The zero-order chi connectivity index (χ0) is 25.7. The molecular formula is C31H25NO5. The lowest BCUT2D eigenvalue weighted by molar-refractivity contribution is -0.132. The maximum absolute atomic E-state index is 13.6. The standard InChI is InChI=1S/C31H25NO5/c1-18-16-21-17-20(10-15-26(21)37-18)29(33)27-28(25-9-5-7-19-6-3-4-8-24(19)25)32(31(35)30(27)34)22-11-13-23(36-2)14-12-22/h3-15,17-18,28,33H,16H2,1-2H3/b29-27-. The molecule has 0 radical (unpaired) electrons. The monoisotopic (exact) mass is 491 g/mol. The van der Waals surface area contributed by atoms with Gasteiger partial charge >= 0.3 is 0 Å². The van der Waals surface area contributed by atoms with Crippen LogP contribution in [0.4, 0.5) is 5.69 Å². The Hall–Kier alpha value is -4.58. The number of methoxy groups -OCH3 is 1. The summed E-state index contributed by atoms with van der Waals surface area (Å²) in [6.07, 6.45) is 0.757. The van der Waals surface area contributed by atoms with Gasteiger partial charge in [-0.05, 0) is 71.3 Å². The first-order valence-electron chi connectivity index (χ1n) is 12.2. The fourth-order valence-corrected chi connectivity index (χ4v) is 5.35. The second kappa shape index (κ2) is 8.82. The molecule has 1 amide bonds. The quantitative estimate of drug-likeness (QED) is 0.222. The molecule has 2 atom stereocenters. The number of amides is 1. The summed E-state index contributed by atoms with van der Waals surface area (Å²) in [6.45, 7) is 1.99. The van der Waals surface area contributed by atoms with Crippen LogP contribution in [0.5, 0.6) is 11.5 Å². The van der Waals surface area contributed by atoms with E-state index < -0.39 is 17.7 Å². The third-order valence-electron chi connectivity index (χ3n) is 7.08. The minimum atomic E-state index is -0.817. The fraction of sp³-hybridized carbons (Fsp3) is 0.161. The van der Waals surface area contributed by atoms with Gasteiger partial charge in [0, 0.05) is 17.7 Å². The Balaban J connectivity index is 1.58. The number of benzene rings is 4. The molecule has 4 aromatic rings. The van der Waals surface area contributed by atoms with Gasteiger partial charge in [-0.15, -0.1) is 0 Å². The zero-order valence-electron chi connectivity index (χ0n) is 20.5. The van der Waals surface area contributed by atoms with E-state index in [0.717, 1.165) is 27.6 Å². The van der Waals surface area contributed by atoms with Crippen molar-refractivity contribution in [3.05, 3.63) is 107 Å². The summed E-state index contributed by atoms with van der Waals surface area (Å²) in [5.74, 6) is -0.209. The normalized spacial score (nSPS) is 20.2. The van der Waals surface area contributed by atoms with Crippen LogP contribution in [0, 0.1) is 0 Å². The number of carbonyl (C=O) groups is 2. The van der Waals surface area contributed by atoms with Crippen LogP contribution in [0.2, 0.25) is 0 Å². The lowest BCUT2D eigenvalue weighted by Crippen LogP contribution is -2.29. The van der Waals surface area contributed by atoms with E-state index in [1.165, 1.54) is 4.90 Å². The van der Waals surface area contributed by atoms with E-state index in [9.17, 15) is 14.7 Å². The minimum absolute atomic E-state index is 0.0451. The number of ketones is 1. The molecule has 37 heavy (non-hydrogen) atoms. The number of rotatable bonds is 4. The van der Waals surface area contributed by atoms with Crippen molar-refractivity contribution in [2.45, 2.75) is 25.5 Å². The summed E-state index contributed by atoms with van der Waals surface area (Å²) >= 11 is 0. The number of carbonyl (C=O) groups excluding carboxylic acids is 2. The van der Waals surface area contributed by atoms with Crippen LogP contribution in [-0.2, 0) is 16.0 Å². The van der Waals surface area contributed by atoms with Gasteiger partial charge in [0.05, 0.1) is 18.7 Å². The highest BCUT2D eigenvalue weighted by Gasteiger charge is 2.47. The smallest absolute Gasteiger partial charge is 0.300 e. The molecule has 6 rings (SSSR count). The van der Waals surface area contributed by atoms with Crippen LogP contribution in [0.1, 0.15) is 29.7 Å². The molecule has 184 valence electrons. The van der Waals surface area contributed by atoms with Crippen molar-refractivity contribution in [3.8, 4) is 11.5 Å². The molecule has 2 aliphatic rings. The highest BCUT2D eigenvalue weighted by molar-refractivity contribution is 6.51. The van der Waals surface area contributed by atoms with Crippen molar-refractivity contribution < 1.29 is 24.2 Å². The van der Waals surface area contributed by atoms with Crippen molar-refractivity contribution in [2.75, 3.05) is 12.0 Å². The summed E-state index contributed by atoms with van der Waals surface area (Å²) in [5.41, 5.74) is 2.80. The van der Waals surface area contributed by atoms with Crippen LogP contribution < -0.4 is 14.4 Å². The summed E-state index contributed by atoms with van der Waals surface area (Å²) in [4.78, 5) is 28.6. The van der Waals surface area contributed by atoms with E-state index in [1.54, 1.807) is 43.5 Å². The lowest BCUT2D eigenvalue weighted by Gasteiger charge is -2.26. The van der Waals surface area contributed by atoms with Gasteiger partial charge in [-0.2, -0.15) is 0 Å². The first kappa shape index (κ1) is 22.9. The Morgan fingerprint density at radius 1 is 0.973 bits per heavy atom. The van der Waals surface area contributed by atoms with Crippen LogP contribution in [-0.4, -0.2) is 30.0 Å². The third kappa shape index (κ3) is 3.73. The highest BCUT2D eigenvalue weighted by Crippen LogP contribution is 2.45. The molecule has 1 N–H and O–H groups in total. The predicted molar refractivity (Wildman–Crippen MR) is 142 cm³/mol. The molecule has 2 unspecified atom stereocenters. The number of aliphatic hydroxyl groups is 1. The van der Waals surface area contributed by atoms with Crippen LogP contribution in [0.15, 0.2) is 90.5 Å². The Bertz CT molecular complexity index is 1580. The van der Waals surface area contributed by atoms with Crippen molar-refractivity contribution in [2.24, 2.45) is 0 Å². The predicted octanol–water partition coefficient (Wildman–Crippen LogP) is 5.80. The summed E-state index contributed by atoms with van der Waals surface area (Å²) < 4.78 is 11.1. The molecule has 2 heterocycles. The molecule has 0 bridgehead atoms. The maximum Gasteiger partial charge on any atom is 0.300 e. The van der Waals surface area contributed by atoms with E-state index in [4.69, 9.17) is 9.47 Å². The third-order valence-corrected chi connectivity index (χ3v) is 7.08. The first-order valence-corrected chi connectivity index (χ1v) is 12.2. The van der Waals surface area contributed by atoms with Crippen molar-refractivity contribution in [3.63, 3.8) is 0 Å². The number of ether oxygens (including phenoxy) is 2. The molecule has 4 aromatic carbocycles. The van der Waals surface area contributed by atoms with Gasteiger partial charge in [-0.25, -0.2) is 0 Å². The van der Waals surface area contributed by atoms with Gasteiger partial charge in [0.25, 0.3) is 11.7 Å². The number of Topliss-reactive ketones (excluding diaryl/α,β-unsaturated/α-hetero) is 1. The number of anilines is 1. The zero-order valence-corrected chi connectivity index (χ0v) is 20.5. The summed E-state index contributed by atoms with van der Waals surface area (Å²) in [5, 5.41) is 13.5. The van der Waals surface area contributed by atoms with Gasteiger partial charge in [0.15, 0.2) is 0 Å². The SMILES string of the molecule is COc1ccc(N2C(=O)C(=O)/C(=C(\O)c3ccc4c(c3)CC(C)O4)C2c2cccc3ccccc23)cc1. The van der Waals surface area contributed by atoms with Gasteiger partial charge < -0.3 is 14.6 Å². The molecule has 2 aliphatic heterocycles. The summed E-state index contributed by atoms with van der Waals surface area (Å²) in [6, 6.07) is 25.2. The van der Waals surface area contributed by atoms with Gasteiger partial charge in [-0.1, -0.05) is 42.5 Å². The molecule has 6 heteroatoms. The Morgan fingerprint density at radius 3 is 2.51 bits per heavy atom. The largest absolute Gasteiger partial charge is 0.507 e. The molecule has 1 fully saturated rings. The molecular weight excluding hydrogens is 466 g/mol. The fourth-order valence-electron chi connectivity index (χ4n) is 5.35. The van der Waals surface area contributed by atoms with E-state index in [1.807, 2.05) is 55.5 Å². The topological polar surface area (TPSA) is 76.1 Å². The summed E-state index contributed by atoms with van der Waals surface area (Å²) in [7, 11) is 1.57. The van der Waals surface area contributed by atoms with Crippen molar-refractivity contribution in [1.82, 2.24) is 0 Å². The van der Waals surface area contributed by atoms with E-state index in [0.29, 0.717) is 23.4 Å². The highest BCUT2D eigenvalue weighted by atomic mass is 16.5. The van der Waals surface area contributed by atoms with Gasteiger partial charge in [0.1, 0.15) is 23.4 Å². The second-order valence-electron chi connectivity index (χ2n) is 9.39. The Kier molecular flexibility index (Phi) is 5.45. The lowest BCUT2D eigenvalue weighted by atomic mass is 9.91. The molecule has 1 saturated heterocycles. The number of hydrogen-bond donors (Lipinski definition) is 1. The Morgan fingerprint density at radius 2 is 1.73 bits per heavy atom. The molecule has 6 nitrogen and oxygen atoms in total. The number of nitrogens with zero attached hydrogens (tertiary/aromatic N) is 1. The van der Waals surface area contributed by atoms with Crippen LogP contribution >= 0.6 is 0 Å². The minimum Gasteiger partial charge on any atom is -0.507 e. The Labute approximate surface area is 214 Å². The number of aliphatic hydroxyl groups excluding tert-OH is 1. The van der Waals surface area contributed by atoms with E-state index in [2.05, 4.69) is 0 Å². The van der Waals surface area contributed by atoms with E-state index in [-0.39, 0.29) is 17.4 Å². The number of hydrogen-bond acceptors (Lipinski definition) is 5. The van der Waals surface area contributed by atoms with Gasteiger partial charge in [-0.3, -0.25) is 14.5 Å². The average Bonchev–Trinajstić information content (AvgIpc) is 3.43. The number of fused-ring (bicyclic) bond motifs is 2. The molecule has 0 aliphatic carbocycles. The van der Waals surface area contributed by atoms with Crippen molar-refractivity contribution in [1.29, 1.82) is 0 Å². The maximum atomic E-state index is 13.6. The molecule has 0 spiro atoms. The van der Waals surface area contributed by atoms with E-state index >= 15 is 0 Å². The van der Waals surface area contributed by atoms with Crippen LogP contribution in [0.3, 0.4) is 0 Å². The first-order chi connectivity index (χ1) is 18.0. The van der Waals surface area contributed by atoms with Gasteiger partial charge in [0.2, 0.25) is 0 Å². The average molecular weight is 492 g/mol. The molecule has 0 aromatic heterocycles. The van der Waals surface area contributed by atoms with Crippen LogP contribution in [0.25, 0.3) is 16.5 Å². The molecule has 0 saturated carbocycles. The van der Waals surface area contributed by atoms with Crippen molar-refractivity contribution >= 4 is 33.9 Å². The second-order valence-corrected chi connectivity index (χ2v) is 9.39.